The van der Waals surface area contributed by atoms with Crippen molar-refractivity contribution in [2.75, 3.05) is 0 Å². The van der Waals surface area contributed by atoms with Crippen molar-refractivity contribution >= 4 is 11.8 Å². The monoisotopic (exact) mass is 218 g/mol. The molecule has 0 spiro atoms. The zero-order chi connectivity index (χ0) is 11.9. The molecule has 1 heterocycles. The number of carbonyl (C=O) groups is 2. The van der Waals surface area contributed by atoms with Gasteiger partial charge >= 0.3 is 5.97 Å². The Bertz CT molecular complexity index is 476. The van der Waals surface area contributed by atoms with Gasteiger partial charge < -0.3 is 4.74 Å². The molecule has 0 fully saturated rings. The average molecular weight is 218 g/mol. The van der Waals surface area contributed by atoms with Gasteiger partial charge in [0.05, 0.1) is 5.56 Å². The molecule has 3 nitrogen and oxygen atoms in total. The highest BCUT2D eigenvalue weighted by Crippen LogP contribution is 2.29. The minimum Gasteiger partial charge on any atom is -0.447 e. The van der Waals surface area contributed by atoms with E-state index in [-0.39, 0.29) is 5.78 Å². The second-order valence-corrected chi connectivity index (χ2v) is 4.51. The number of benzene rings is 1. The Labute approximate surface area is 94.4 Å². The number of carbonyl (C=O) groups excluding carboxylic acids is 2. The Balaban J connectivity index is 2.49. The second kappa shape index (κ2) is 3.44. The molecular weight excluding hydrogens is 204 g/mol. The molecule has 0 aromatic heterocycles. The van der Waals surface area contributed by atoms with Crippen LogP contribution in [0.1, 0.15) is 35.3 Å². The molecule has 2 rings (SSSR count). The topological polar surface area (TPSA) is 43.4 Å². The summed E-state index contributed by atoms with van der Waals surface area (Å²) in [6.07, 6.45) is 0.462. The highest BCUT2D eigenvalue weighted by molar-refractivity contribution is 5.97. The van der Waals surface area contributed by atoms with Crippen LogP contribution in [0.4, 0.5) is 0 Å². The first-order chi connectivity index (χ1) is 7.42. The van der Waals surface area contributed by atoms with E-state index in [0.29, 0.717) is 12.0 Å². The van der Waals surface area contributed by atoms with Crippen molar-refractivity contribution < 1.29 is 14.3 Å². The molecule has 0 N–H and O–H groups in total. The highest BCUT2D eigenvalue weighted by atomic mass is 16.6. The molecule has 0 saturated heterocycles. The maximum atomic E-state index is 11.8. The van der Waals surface area contributed by atoms with Crippen LogP contribution in [-0.4, -0.2) is 17.4 Å². The van der Waals surface area contributed by atoms with E-state index in [4.69, 9.17) is 4.74 Å². The molecule has 0 bridgehead atoms. The molecule has 1 aliphatic rings. The molecule has 1 aliphatic heterocycles. The summed E-state index contributed by atoms with van der Waals surface area (Å²) in [5.74, 6) is -0.519. The number of rotatable bonds is 1. The van der Waals surface area contributed by atoms with Gasteiger partial charge in [-0.25, -0.2) is 4.79 Å². The molecule has 1 atom stereocenters. The van der Waals surface area contributed by atoms with E-state index in [1.165, 1.54) is 6.92 Å². The van der Waals surface area contributed by atoms with Crippen molar-refractivity contribution in [3.8, 4) is 0 Å². The molecule has 1 aromatic rings. The Morgan fingerprint density at radius 2 is 2.12 bits per heavy atom. The van der Waals surface area contributed by atoms with Crippen LogP contribution in [0.2, 0.25) is 0 Å². The number of hydrogen-bond acceptors (Lipinski definition) is 3. The molecule has 84 valence electrons. The quantitative estimate of drug-likeness (QED) is 0.677. The maximum absolute atomic E-state index is 11.8. The van der Waals surface area contributed by atoms with Gasteiger partial charge in [0.15, 0.2) is 11.4 Å². The van der Waals surface area contributed by atoms with E-state index in [1.54, 1.807) is 13.0 Å². The third-order valence-electron chi connectivity index (χ3n) is 3.08. The molecule has 0 saturated carbocycles. The largest absolute Gasteiger partial charge is 0.447 e. The number of ketones is 1. The number of aryl methyl sites for hydroxylation is 1. The molecular formula is C13H14O3. The van der Waals surface area contributed by atoms with Crippen LogP contribution in [0, 0.1) is 6.92 Å². The summed E-state index contributed by atoms with van der Waals surface area (Å²) >= 11 is 0. The Kier molecular flexibility index (Phi) is 2.34. The molecule has 16 heavy (non-hydrogen) atoms. The Morgan fingerprint density at radius 1 is 1.44 bits per heavy atom. The van der Waals surface area contributed by atoms with Crippen molar-refractivity contribution in [1.29, 1.82) is 0 Å². The first-order valence-corrected chi connectivity index (χ1v) is 5.26. The van der Waals surface area contributed by atoms with Gasteiger partial charge in [0.2, 0.25) is 0 Å². The van der Waals surface area contributed by atoms with Crippen molar-refractivity contribution in [2.24, 2.45) is 0 Å². The Hall–Kier alpha value is -1.64. The van der Waals surface area contributed by atoms with E-state index in [0.717, 1.165) is 11.1 Å². The first kappa shape index (κ1) is 10.9. The number of cyclic esters (lactones) is 1. The van der Waals surface area contributed by atoms with Crippen molar-refractivity contribution in [3.05, 3.63) is 34.9 Å². The third kappa shape index (κ3) is 1.62. The number of esters is 1. The van der Waals surface area contributed by atoms with E-state index < -0.39 is 11.6 Å². The van der Waals surface area contributed by atoms with Crippen molar-refractivity contribution in [3.63, 3.8) is 0 Å². The van der Waals surface area contributed by atoms with Crippen LogP contribution in [0.3, 0.4) is 0 Å². The SMILES string of the molecule is CC(=O)C1(C)Cc2ccc(C)cc2C(=O)O1. The van der Waals surface area contributed by atoms with Crippen LogP contribution < -0.4 is 0 Å². The van der Waals surface area contributed by atoms with E-state index in [2.05, 4.69) is 0 Å². The summed E-state index contributed by atoms with van der Waals surface area (Å²) in [7, 11) is 0. The first-order valence-electron chi connectivity index (χ1n) is 5.26. The van der Waals surface area contributed by atoms with Gasteiger partial charge in [-0.2, -0.15) is 0 Å². The minimum atomic E-state index is -1.00. The minimum absolute atomic E-state index is 0.118. The fraction of sp³-hybridized carbons (Fsp3) is 0.385. The number of hydrogen-bond donors (Lipinski definition) is 0. The smallest absolute Gasteiger partial charge is 0.339 e. The van der Waals surface area contributed by atoms with Gasteiger partial charge in [0.1, 0.15) is 0 Å². The van der Waals surface area contributed by atoms with E-state index >= 15 is 0 Å². The van der Waals surface area contributed by atoms with Gasteiger partial charge in [-0.3, -0.25) is 4.79 Å². The molecule has 1 unspecified atom stereocenters. The molecule has 0 aliphatic carbocycles. The maximum Gasteiger partial charge on any atom is 0.339 e. The fourth-order valence-electron chi connectivity index (χ4n) is 1.89. The van der Waals surface area contributed by atoms with Crippen molar-refractivity contribution in [2.45, 2.75) is 32.8 Å². The van der Waals surface area contributed by atoms with Gasteiger partial charge in [-0.05, 0) is 32.4 Å². The van der Waals surface area contributed by atoms with Crippen LogP contribution >= 0.6 is 0 Å². The third-order valence-corrected chi connectivity index (χ3v) is 3.08. The van der Waals surface area contributed by atoms with Crippen LogP contribution in [0.25, 0.3) is 0 Å². The lowest BCUT2D eigenvalue weighted by atomic mass is 9.87. The van der Waals surface area contributed by atoms with Gasteiger partial charge in [-0.15, -0.1) is 0 Å². The summed E-state index contributed by atoms with van der Waals surface area (Å²) in [5, 5.41) is 0. The molecule has 3 heteroatoms. The predicted octanol–water partition coefficient (Wildman–Crippen LogP) is 2.06. The lowest BCUT2D eigenvalue weighted by molar-refractivity contribution is -0.135. The van der Waals surface area contributed by atoms with E-state index in [1.807, 2.05) is 19.1 Å². The summed E-state index contributed by atoms with van der Waals surface area (Å²) in [6.45, 7) is 5.04. The lowest BCUT2D eigenvalue weighted by Crippen LogP contribution is -2.44. The molecule has 0 amide bonds. The summed E-state index contributed by atoms with van der Waals surface area (Å²) in [4.78, 5) is 23.2. The lowest BCUT2D eigenvalue weighted by Gasteiger charge is -2.32. The van der Waals surface area contributed by atoms with Crippen LogP contribution in [-0.2, 0) is 16.0 Å². The number of fused-ring (bicyclic) bond motifs is 1. The highest BCUT2D eigenvalue weighted by Gasteiger charge is 2.40. The predicted molar refractivity (Wildman–Crippen MR) is 59.4 cm³/mol. The standard InChI is InChI=1S/C13H14O3/c1-8-4-5-10-7-13(3,9(2)14)16-12(15)11(10)6-8/h4-6H,7H2,1-3H3. The average Bonchev–Trinajstić information content (AvgIpc) is 2.19. The molecule has 0 radical (unpaired) electrons. The number of Topliss-reactive ketones (excluding diaryl/α,β-unsaturated/α-hetero) is 1. The molecule has 1 aromatic carbocycles. The summed E-state index contributed by atoms with van der Waals surface area (Å²) in [6, 6.07) is 5.64. The van der Waals surface area contributed by atoms with Gasteiger partial charge in [0, 0.05) is 6.42 Å². The van der Waals surface area contributed by atoms with Crippen molar-refractivity contribution in [1.82, 2.24) is 0 Å². The number of ether oxygens (including phenoxy) is 1. The Morgan fingerprint density at radius 3 is 2.75 bits per heavy atom. The zero-order valence-corrected chi connectivity index (χ0v) is 9.66. The normalized spacial score (nSPS) is 23.6. The summed E-state index contributed by atoms with van der Waals surface area (Å²) in [5.41, 5.74) is 1.49. The van der Waals surface area contributed by atoms with Gasteiger partial charge in [-0.1, -0.05) is 17.7 Å². The zero-order valence-electron chi connectivity index (χ0n) is 9.66. The van der Waals surface area contributed by atoms with Crippen LogP contribution in [0.15, 0.2) is 18.2 Å². The van der Waals surface area contributed by atoms with Crippen LogP contribution in [0.5, 0.6) is 0 Å². The summed E-state index contributed by atoms with van der Waals surface area (Å²) < 4.78 is 5.23. The van der Waals surface area contributed by atoms with Gasteiger partial charge in [0.25, 0.3) is 0 Å². The van der Waals surface area contributed by atoms with E-state index in [9.17, 15) is 9.59 Å². The fourth-order valence-corrected chi connectivity index (χ4v) is 1.89. The second-order valence-electron chi connectivity index (χ2n) is 4.51.